The summed E-state index contributed by atoms with van der Waals surface area (Å²) in [6.45, 7) is 0. The van der Waals surface area contributed by atoms with Crippen molar-refractivity contribution in [1.29, 1.82) is 0 Å². The Morgan fingerprint density at radius 1 is 1.18 bits per heavy atom. The van der Waals surface area contributed by atoms with Crippen LogP contribution in [0.4, 0.5) is 0 Å². The summed E-state index contributed by atoms with van der Waals surface area (Å²) < 4.78 is 5.26. The van der Waals surface area contributed by atoms with Gasteiger partial charge in [0.1, 0.15) is 0 Å². The van der Waals surface area contributed by atoms with Gasteiger partial charge in [-0.2, -0.15) is 0 Å². The zero-order valence-electron chi connectivity index (χ0n) is 6.03. The predicted octanol–water partition coefficient (Wildman–Crippen LogP) is 1.36. The molecule has 0 aliphatic carbocycles. The monoisotopic (exact) mass is 176 g/mol. The smallest absolute Gasteiger partial charge is 0.203 e. The molecule has 0 saturated carbocycles. The number of benzene rings is 1. The van der Waals surface area contributed by atoms with Gasteiger partial charge in [-0.15, -0.1) is 0 Å². The fourth-order valence-corrected chi connectivity index (χ4v) is 4.86. The Kier molecular flexibility index (Phi) is 1.92. The Morgan fingerprint density at radius 3 is 2.64 bits per heavy atom. The van der Waals surface area contributed by atoms with Crippen molar-refractivity contribution in [3.05, 3.63) is 42.3 Å². The number of hydrogen-bond donors (Lipinski definition) is 0. The van der Waals surface area contributed by atoms with Crippen LogP contribution >= 0.6 is 0 Å². The van der Waals surface area contributed by atoms with E-state index < -0.39 is 7.90 Å². The summed E-state index contributed by atoms with van der Waals surface area (Å²) in [4.78, 5) is 0. The molecule has 0 unspecified atom stereocenters. The van der Waals surface area contributed by atoms with Crippen molar-refractivity contribution in [3.8, 4) is 5.19 Å². The molecule has 3 heteroatoms. The normalized spacial score (nSPS) is 9.82. The Morgan fingerprint density at radius 2 is 2.00 bits per heavy atom. The highest BCUT2D eigenvalue weighted by molar-refractivity contribution is 6.95. The average Bonchev–Trinajstić information content (AvgIpc) is 2.58. The quantitative estimate of drug-likeness (QED) is 0.598. The minimum atomic E-state index is -0.409. The molecule has 0 bridgehead atoms. The topological polar surface area (TPSA) is 13.1 Å². The van der Waals surface area contributed by atoms with E-state index in [-0.39, 0.29) is 8.88 Å². The van der Waals surface area contributed by atoms with Crippen molar-refractivity contribution in [3.63, 3.8) is 0 Å². The highest BCUT2D eigenvalue weighted by Gasteiger charge is 1.96. The molecule has 0 amide bonds. The maximum atomic E-state index is 5.26. The van der Waals surface area contributed by atoms with Crippen LogP contribution in [0.3, 0.4) is 0 Å². The fraction of sp³-hybridized carbons (Fsp3) is 0. The molecule has 0 spiro atoms. The van der Waals surface area contributed by atoms with E-state index in [1.807, 2.05) is 6.26 Å². The maximum absolute atomic E-state index is 5.26. The molecule has 0 radical (unpaired) electrons. The van der Waals surface area contributed by atoms with E-state index in [1.165, 1.54) is 5.19 Å². The summed E-state index contributed by atoms with van der Waals surface area (Å²) >= 11 is 0. The van der Waals surface area contributed by atoms with Crippen LogP contribution in [0.15, 0.2) is 46.4 Å². The van der Waals surface area contributed by atoms with Crippen LogP contribution in [0.25, 0.3) is 5.19 Å². The molecule has 0 atom stereocenters. The molecule has 0 N–H and O–H groups in total. The van der Waals surface area contributed by atoms with Gasteiger partial charge in [0, 0.05) is 0 Å². The lowest BCUT2D eigenvalue weighted by molar-refractivity contribution is 0.674. The fourth-order valence-electron chi connectivity index (χ4n) is 1.06. The van der Waals surface area contributed by atoms with Crippen molar-refractivity contribution >= 4 is 16.8 Å². The highest BCUT2D eigenvalue weighted by Crippen LogP contribution is 2.02. The van der Waals surface area contributed by atoms with Crippen LogP contribution in [0.5, 0.6) is 0 Å². The molecule has 1 aromatic heterocycles. The summed E-state index contributed by atoms with van der Waals surface area (Å²) in [5.41, 5.74) is 2.23. The standard InChI is InChI=1S/C8H8OSi2/c1-2-4-8(5-3-1)11-7-6-9-10-11/h1-7,10H. The Hall–Kier alpha value is -0.806. The molecular formula is C8H8OSi2. The molecule has 0 fully saturated rings. The number of hydrogen-bond acceptors (Lipinski definition) is 1. The van der Waals surface area contributed by atoms with E-state index in [0.717, 1.165) is 0 Å². The Balaban J connectivity index is 2.46. The summed E-state index contributed by atoms with van der Waals surface area (Å²) in [7, 11) is -0.200. The highest BCUT2D eigenvalue weighted by atomic mass is 29.0. The minimum Gasteiger partial charge on any atom is -0.531 e. The first-order chi connectivity index (χ1) is 5.47. The minimum absolute atomic E-state index is 0.209. The van der Waals surface area contributed by atoms with Gasteiger partial charge in [0.15, 0.2) is 0 Å². The van der Waals surface area contributed by atoms with Crippen LogP contribution in [0.2, 0.25) is 0 Å². The van der Waals surface area contributed by atoms with Crippen molar-refractivity contribution < 1.29 is 4.10 Å². The van der Waals surface area contributed by atoms with E-state index in [9.17, 15) is 0 Å². The first kappa shape index (κ1) is 6.88. The Bertz CT molecular complexity index is 315. The molecule has 11 heavy (non-hydrogen) atoms. The molecule has 1 nitrogen and oxygen atoms in total. The summed E-state index contributed by atoms with van der Waals surface area (Å²) in [5.74, 6) is 0. The van der Waals surface area contributed by atoms with Gasteiger partial charge >= 0.3 is 0 Å². The third kappa shape index (κ3) is 1.44. The largest absolute Gasteiger partial charge is 0.531 e. The van der Waals surface area contributed by atoms with Gasteiger partial charge in [0.05, 0.1) is 14.2 Å². The second kappa shape index (κ2) is 3.06. The molecule has 1 heterocycles. The van der Waals surface area contributed by atoms with Gasteiger partial charge in [-0.25, -0.2) is 0 Å². The van der Waals surface area contributed by atoms with E-state index in [0.29, 0.717) is 0 Å². The van der Waals surface area contributed by atoms with E-state index in [4.69, 9.17) is 4.10 Å². The lowest BCUT2D eigenvalue weighted by atomic mass is 10.4. The summed E-state index contributed by atoms with van der Waals surface area (Å²) in [5, 5.41) is 1.47. The van der Waals surface area contributed by atoms with Gasteiger partial charge in [-0.1, -0.05) is 30.3 Å². The third-order valence-electron chi connectivity index (χ3n) is 1.63. The molecule has 2 aromatic rings. The van der Waals surface area contributed by atoms with Crippen LogP contribution in [-0.2, 0) is 0 Å². The Labute approximate surface area is 68.9 Å². The van der Waals surface area contributed by atoms with Crippen LogP contribution in [-0.4, -0.2) is 16.8 Å². The van der Waals surface area contributed by atoms with E-state index in [1.54, 1.807) is 0 Å². The molecule has 0 saturated heterocycles. The second-order valence-electron chi connectivity index (χ2n) is 2.38. The van der Waals surface area contributed by atoms with Gasteiger partial charge < -0.3 is 4.10 Å². The zero-order valence-corrected chi connectivity index (χ0v) is 8.18. The first-order valence-corrected chi connectivity index (χ1v) is 7.40. The van der Waals surface area contributed by atoms with Gasteiger partial charge in [-0.05, 0) is 10.9 Å². The van der Waals surface area contributed by atoms with Gasteiger partial charge in [0.2, 0.25) is 8.88 Å². The van der Waals surface area contributed by atoms with Crippen molar-refractivity contribution in [2.45, 2.75) is 0 Å². The van der Waals surface area contributed by atoms with Crippen LogP contribution in [0, 0.1) is 0 Å². The van der Waals surface area contributed by atoms with Crippen molar-refractivity contribution in [2.75, 3.05) is 0 Å². The van der Waals surface area contributed by atoms with Crippen molar-refractivity contribution in [1.82, 2.24) is 0 Å². The third-order valence-corrected chi connectivity index (χ3v) is 6.42. The molecule has 54 valence electrons. The lowest BCUT2D eigenvalue weighted by Gasteiger charge is -1.91. The van der Waals surface area contributed by atoms with E-state index >= 15 is 0 Å². The molecule has 2 rings (SSSR count). The summed E-state index contributed by atoms with van der Waals surface area (Å²) in [6.07, 6.45) is 1.86. The number of rotatable bonds is 1. The second-order valence-corrected chi connectivity index (χ2v) is 7.28. The van der Waals surface area contributed by atoms with Gasteiger partial charge in [-0.3, -0.25) is 0 Å². The van der Waals surface area contributed by atoms with E-state index in [2.05, 4.69) is 36.0 Å². The van der Waals surface area contributed by atoms with Crippen LogP contribution < -0.4 is 0 Å². The van der Waals surface area contributed by atoms with Gasteiger partial charge in [0.25, 0.3) is 0 Å². The molecule has 1 aromatic carbocycles. The first-order valence-electron chi connectivity index (χ1n) is 3.54. The molecule has 0 aliphatic heterocycles. The zero-order chi connectivity index (χ0) is 7.52. The van der Waals surface area contributed by atoms with Crippen LogP contribution in [0.1, 0.15) is 0 Å². The SMILES string of the molecule is c1ccc(-[si]2cco[siH]2)cc1. The van der Waals surface area contributed by atoms with Crippen molar-refractivity contribution in [2.24, 2.45) is 0 Å². The summed E-state index contributed by atoms with van der Waals surface area (Å²) in [6, 6.07) is 10.6. The predicted molar refractivity (Wildman–Crippen MR) is 48.7 cm³/mol. The molecular weight excluding hydrogens is 168 g/mol. The molecule has 0 aliphatic rings. The maximum Gasteiger partial charge on any atom is 0.203 e. The average molecular weight is 176 g/mol. The lowest BCUT2D eigenvalue weighted by Crippen LogP contribution is -1.95.